The van der Waals surface area contributed by atoms with Gasteiger partial charge in [-0.15, -0.1) is 6.58 Å². The summed E-state index contributed by atoms with van der Waals surface area (Å²) in [5.74, 6) is -0.0354. The van der Waals surface area contributed by atoms with E-state index in [1.165, 1.54) is 31.4 Å². The molecule has 0 bridgehead atoms. The highest BCUT2D eigenvalue weighted by atomic mass is 19.4. The normalized spacial score (nSPS) is 11.0. The number of alkyl halides is 3. The Bertz CT molecular complexity index is 529. The van der Waals surface area contributed by atoms with E-state index in [0.29, 0.717) is 23.0 Å². The van der Waals surface area contributed by atoms with E-state index in [2.05, 4.69) is 6.58 Å². The van der Waals surface area contributed by atoms with E-state index < -0.39 is 18.6 Å². The van der Waals surface area contributed by atoms with Crippen LogP contribution in [0.15, 0.2) is 30.9 Å². The average Bonchev–Trinajstić information content (AvgIpc) is 2.45. The molecule has 1 amide bonds. The molecule has 1 aromatic rings. The van der Waals surface area contributed by atoms with Gasteiger partial charge in [-0.05, 0) is 25.1 Å². The third-order valence-electron chi connectivity index (χ3n) is 2.72. The minimum Gasteiger partial charge on any atom is -0.493 e. The van der Waals surface area contributed by atoms with Crippen molar-refractivity contribution >= 4 is 5.91 Å². The van der Waals surface area contributed by atoms with Crippen molar-refractivity contribution in [1.29, 1.82) is 0 Å². The van der Waals surface area contributed by atoms with Gasteiger partial charge in [-0.2, -0.15) is 13.2 Å². The first-order valence-electron chi connectivity index (χ1n) is 6.60. The number of methoxy groups -OCH3 is 1. The molecule has 4 nitrogen and oxygen atoms in total. The van der Waals surface area contributed by atoms with Crippen molar-refractivity contribution in [3.63, 3.8) is 0 Å². The summed E-state index contributed by atoms with van der Waals surface area (Å²) in [7, 11) is 1.44. The second kappa shape index (κ2) is 7.72. The van der Waals surface area contributed by atoms with E-state index in [4.69, 9.17) is 9.47 Å². The van der Waals surface area contributed by atoms with Crippen LogP contribution in [0, 0.1) is 0 Å². The minimum absolute atomic E-state index is 0.0929. The number of carbonyl (C=O) groups excluding carboxylic acids is 1. The monoisotopic (exact) mass is 317 g/mol. The Hall–Kier alpha value is -2.18. The molecule has 0 fully saturated rings. The third-order valence-corrected chi connectivity index (χ3v) is 2.72. The lowest BCUT2D eigenvalue weighted by molar-refractivity contribution is -0.139. The van der Waals surface area contributed by atoms with Gasteiger partial charge >= 0.3 is 6.18 Å². The number of ether oxygens (including phenoxy) is 2. The summed E-state index contributed by atoms with van der Waals surface area (Å²) < 4.78 is 48.0. The molecule has 0 saturated heterocycles. The Morgan fingerprint density at radius 3 is 2.55 bits per heavy atom. The summed E-state index contributed by atoms with van der Waals surface area (Å²) in [4.78, 5) is 12.9. The molecule has 0 unspecified atom stereocenters. The van der Waals surface area contributed by atoms with Crippen LogP contribution in [0.3, 0.4) is 0 Å². The van der Waals surface area contributed by atoms with Gasteiger partial charge < -0.3 is 14.4 Å². The number of benzene rings is 1. The van der Waals surface area contributed by atoms with Crippen molar-refractivity contribution in [2.24, 2.45) is 0 Å². The average molecular weight is 317 g/mol. The Kier molecular flexibility index (Phi) is 6.27. The molecule has 1 aromatic carbocycles. The maximum atomic E-state index is 12.6. The van der Waals surface area contributed by atoms with Crippen LogP contribution in [0.4, 0.5) is 13.2 Å². The van der Waals surface area contributed by atoms with Crippen LogP contribution in [0.1, 0.15) is 17.3 Å². The van der Waals surface area contributed by atoms with Gasteiger partial charge in [-0.25, -0.2) is 0 Å². The van der Waals surface area contributed by atoms with Crippen LogP contribution >= 0.6 is 0 Å². The fraction of sp³-hybridized carbons (Fsp3) is 0.400. The van der Waals surface area contributed by atoms with Crippen LogP contribution in [-0.2, 0) is 0 Å². The molecule has 122 valence electrons. The fourth-order valence-corrected chi connectivity index (χ4v) is 1.85. The van der Waals surface area contributed by atoms with Crippen LogP contribution in [0.2, 0.25) is 0 Å². The van der Waals surface area contributed by atoms with Gasteiger partial charge in [0.1, 0.15) is 6.54 Å². The van der Waals surface area contributed by atoms with Crippen molar-refractivity contribution in [3.05, 3.63) is 36.4 Å². The van der Waals surface area contributed by atoms with E-state index in [0.717, 1.165) is 0 Å². The number of nitrogens with zero attached hydrogens (tertiary/aromatic N) is 1. The first-order valence-corrected chi connectivity index (χ1v) is 6.60. The summed E-state index contributed by atoms with van der Waals surface area (Å²) in [6, 6.07) is 4.26. The molecule has 0 aliphatic rings. The first kappa shape index (κ1) is 17.9. The van der Waals surface area contributed by atoms with Gasteiger partial charge in [0.15, 0.2) is 11.5 Å². The highest BCUT2D eigenvalue weighted by molar-refractivity contribution is 5.95. The standard InChI is InChI=1S/C15H18F3NO3/c1-4-8-19(10-15(16,17)18)14(20)11-6-7-12(21-3)13(9-11)22-5-2/h4,6-7,9H,1,5,8,10H2,2-3H3. The molecule has 7 heteroatoms. The molecule has 1 rings (SSSR count). The predicted octanol–water partition coefficient (Wildman–Crippen LogP) is 3.28. The van der Waals surface area contributed by atoms with E-state index in [9.17, 15) is 18.0 Å². The zero-order valence-corrected chi connectivity index (χ0v) is 12.4. The Balaban J connectivity index is 3.07. The van der Waals surface area contributed by atoms with Gasteiger partial charge in [0.05, 0.1) is 13.7 Å². The van der Waals surface area contributed by atoms with E-state index in [1.54, 1.807) is 6.92 Å². The van der Waals surface area contributed by atoms with Gasteiger partial charge in [0.25, 0.3) is 5.91 Å². The summed E-state index contributed by atoms with van der Waals surface area (Å²) in [6.07, 6.45) is -3.23. The zero-order chi connectivity index (χ0) is 16.8. The van der Waals surface area contributed by atoms with Crippen LogP contribution in [0.25, 0.3) is 0 Å². The van der Waals surface area contributed by atoms with E-state index in [1.807, 2.05) is 0 Å². The summed E-state index contributed by atoms with van der Waals surface area (Å²) >= 11 is 0. The summed E-state index contributed by atoms with van der Waals surface area (Å²) in [5, 5.41) is 0. The highest BCUT2D eigenvalue weighted by Gasteiger charge is 2.33. The Labute approximate surface area is 127 Å². The zero-order valence-electron chi connectivity index (χ0n) is 12.4. The lowest BCUT2D eigenvalue weighted by Crippen LogP contribution is -2.39. The molecule has 0 saturated carbocycles. The van der Waals surface area contributed by atoms with Gasteiger partial charge in [-0.3, -0.25) is 4.79 Å². The van der Waals surface area contributed by atoms with Crippen molar-refractivity contribution in [2.45, 2.75) is 13.1 Å². The molecular weight excluding hydrogens is 299 g/mol. The van der Waals surface area contributed by atoms with E-state index >= 15 is 0 Å². The number of carbonyl (C=O) groups is 1. The van der Waals surface area contributed by atoms with Gasteiger partial charge in [0, 0.05) is 12.1 Å². The minimum atomic E-state index is -4.48. The predicted molar refractivity (Wildman–Crippen MR) is 76.3 cm³/mol. The summed E-state index contributed by atoms with van der Waals surface area (Å²) in [6.45, 7) is 3.93. The lowest BCUT2D eigenvalue weighted by atomic mass is 10.1. The molecular formula is C15H18F3NO3. The number of amides is 1. The third kappa shape index (κ3) is 4.98. The number of hydrogen-bond acceptors (Lipinski definition) is 3. The molecule has 0 aliphatic heterocycles. The number of rotatable bonds is 7. The smallest absolute Gasteiger partial charge is 0.406 e. The van der Waals surface area contributed by atoms with Crippen molar-refractivity contribution in [2.75, 3.05) is 26.8 Å². The van der Waals surface area contributed by atoms with Crippen molar-refractivity contribution in [1.82, 2.24) is 4.90 Å². The number of hydrogen-bond donors (Lipinski definition) is 0. The quantitative estimate of drug-likeness (QED) is 0.724. The Morgan fingerprint density at radius 1 is 1.36 bits per heavy atom. The van der Waals surface area contributed by atoms with Crippen molar-refractivity contribution in [3.8, 4) is 11.5 Å². The molecule has 0 N–H and O–H groups in total. The molecule has 0 aromatic heterocycles. The molecule has 0 atom stereocenters. The Morgan fingerprint density at radius 2 is 2.05 bits per heavy atom. The summed E-state index contributed by atoms with van der Waals surface area (Å²) in [5.41, 5.74) is 0.0929. The molecule has 22 heavy (non-hydrogen) atoms. The SMILES string of the molecule is C=CCN(CC(F)(F)F)C(=O)c1ccc(OC)c(OCC)c1. The van der Waals surface area contributed by atoms with Gasteiger partial charge in [0.2, 0.25) is 0 Å². The molecule has 0 radical (unpaired) electrons. The van der Waals surface area contributed by atoms with Crippen molar-refractivity contribution < 1.29 is 27.4 Å². The first-order chi connectivity index (χ1) is 10.3. The molecule has 0 aliphatic carbocycles. The van der Waals surface area contributed by atoms with E-state index in [-0.39, 0.29) is 12.1 Å². The maximum absolute atomic E-state index is 12.6. The molecule has 0 spiro atoms. The van der Waals surface area contributed by atoms with Crippen LogP contribution in [-0.4, -0.2) is 43.8 Å². The van der Waals surface area contributed by atoms with Gasteiger partial charge in [-0.1, -0.05) is 6.08 Å². The number of halogens is 3. The second-order valence-electron chi connectivity index (χ2n) is 4.39. The van der Waals surface area contributed by atoms with Crippen LogP contribution < -0.4 is 9.47 Å². The fourth-order valence-electron chi connectivity index (χ4n) is 1.85. The topological polar surface area (TPSA) is 38.8 Å². The molecule has 0 heterocycles. The highest BCUT2D eigenvalue weighted by Crippen LogP contribution is 2.29. The van der Waals surface area contributed by atoms with Crippen LogP contribution in [0.5, 0.6) is 11.5 Å². The largest absolute Gasteiger partial charge is 0.493 e. The second-order valence-corrected chi connectivity index (χ2v) is 4.39. The lowest BCUT2D eigenvalue weighted by Gasteiger charge is -2.23. The maximum Gasteiger partial charge on any atom is 0.406 e.